The highest BCUT2D eigenvalue weighted by molar-refractivity contribution is 5.94. The highest BCUT2D eigenvalue weighted by Crippen LogP contribution is 2.50. The molecule has 1 fully saturated rings. The van der Waals surface area contributed by atoms with Crippen molar-refractivity contribution in [1.29, 1.82) is 0 Å². The molecule has 3 heterocycles. The molecule has 0 N–H and O–H groups in total. The number of hydrazine groups is 1. The Morgan fingerprint density at radius 3 is 2.48 bits per heavy atom. The third-order valence-electron chi connectivity index (χ3n) is 7.25. The van der Waals surface area contributed by atoms with Crippen LogP contribution in [0.5, 0.6) is 5.75 Å². The van der Waals surface area contributed by atoms with Crippen molar-refractivity contribution in [1.82, 2.24) is 10.0 Å². The number of fused-ring (bicyclic) bond motifs is 5. The van der Waals surface area contributed by atoms with E-state index in [1.165, 1.54) is 16.8 Å². The Hall–Kier alpha value is -2.83. The lowest BCUT2D eigenvalue weighted by Crippen LogP contribution is -2.51. The van der Waals surface area contributed by atoms with E-state index in [0.717, 1.165) is 50.0 Å². The molecule has 0 aromatic heterocycles. The second-order valence-corrected chi connectivity index (χ2v) is 9.62. The molecule has 3 aliphatic rings. The van der Waals surface area contributed by atoms with Gasteiger partial charge >= 0.3 is 0 Å². The van der Waals surface area contributed by atoms with Crippen LogP contribution in [-0.4, -0.2) is 54.4 Å². The molecule has 1 saturated heterocycles. The summed E-state index contributed by atoms with van der Waals surface area (Å²) in [5.74, 6) is 1.08. The van der Waals surface area contributed by atoms with Gasteiger partial charge in [-0.3, -0.25) is 4.79 Å². The molecule has 0 radical (unpaired) electrons. The molecule has 6 nitrogen and oxygen atoms in total. The molecule has 1 atom stereocenters. The first-order valence-corrected chi connectivity index (χ1v) is 12.0. The Balaban J connectivity index is 1.48. The minimum atomic E-state index is -0.359. The highest BCUT2D eigenvalue weighted by atomic mass is 16.5. The molecule has 174 valence electrons. The van der Waals surface area contributed by atoms with Gasteiger partial charge in [-0.1, -0.05) is 12.1 Å². The fourth-order valence-corrected chi connectivity index (χ4v) is 5.40. The SMILES string of the molecule is CCN(CC)c1ccc2c(c1)OC(C)(C)C1=CCN3CN(c4ccc(C(C)=O)cc4)CN3C12. The molecule has 2 aromatic carbocycles. The van der Waals surface area contributed by atoms with Gasteiger partial charge in [0.1, 0.15) is 11.4 Å². The van der Waals surface area contributed by atoms with Crippen LogP contribution in [0.2, 0.25) is 0 Å². The lowest BCUT2D eigenvalue weighted by molar-refractivity contribution is -0.0296. The van der Waals surface area contributed by atoms with Crippen molar-refractivity contribution in [3.63, 3.8) is 0 Å². The smallest absolute Gasteiger partial charge is 0.159 e. The van der Waals surface area contributed by atoms with Gasteiger partial charge in [-0.25, -0.2) is 10.0 Å². The van der Waals surface area contributed by atoms with Crippen molar-refractivity contribution in [2.45, 2.75) is 46.3 Å². The first-order valence-electron chi connectivity index (χ1n) is 12.0. The fourth-order valence-electron chi connectivity index (χ4n) is 5.40. The number of ketones is 1. The average Bonchev–Trinajstić information content (AvgIpc) is 3.24. The molecule has 6 heteroatoms. The van der Waals surface area contributed by atoms with Gasteiger partial charge in [-0.2, -0.15) is 0 Å². The van der Waals surface area contributed by atoms with E-state index in [0.29, 0.717) is 0 Å². The van der Waals surface area contributed by atoms with E-state index in [2.05, 4.69) is 83.9 Å². The lowest BCUT2D eigenvalue weighted by atomic mass is 9.82. The van der Waals surface area contributed by atoms with Crippen molar-refractivity contribution in [2.24, 2.45) is 0 Å². The van der Waals surface area contributed by atoms with E-state index in [9.17, 15) is 4.79 Å². The van der Waals surface area contributed by atoms with Gasteiger partial charge < -0.3 is 14.5 Å². The topological polar surface area (TPSA) is 39.3 Å². The Kier molecular flexibility index (Phi) is 5.46. The largest absolute Gasteiger partial charge is 0.483 e. The van der Waals surface area contributed by atoms with E-state index in [1.807, 2.05) is 12.1 Å². The number of nitrogens with zero attached hydrogens (tertiary/aromatic N) is 4. The molecular weight excluding hydrogens is 412 g/mol. The van der Waals surface area contributed by atoms with Crippen LogP contribution < -0.4 is 14.5 Å². The molecule has 0 saturated carbocycles. The average molecular weight is 447 g/mol. The van der Waals surface area contributed by atoms with Crippen LogP contribution in [0.4, 0.5) is 11.4 Å². The molecule has 0 bridgehead atoms. The maximum Gasteiger partial charge on any atom is 0.159 e. The molecule has 2 aromatic rings. The van der Waals surface area contributed by atoms with Gasteiger partial charge in [0.05, 0.1) is 19.4 Å². The molecule has 3 aliphatic heterocycles. The first-order chi connectivity index (χ1) is 15.8. The van der Waals surface area contributed by atoms with E-state index < -0.39 is 0 Å². The van der Waals surface area contributed by atoms with Gasteiger partial charge in [-0.05, 0) is 70.5 Å². The van der Waals surface area contributed by atoms with Crippen LogP contribution in [0.15, 0.2) is 54.1 Å². The summed E-state index contributed by atoms with van der Waals surface area (Å²) in [4.78, 5) is 16.4. The van der Waals surface area contributed by atoms with Crippen LogP contribution in [0.3, 0.4) is 0 Å². The van der Waals surface area contributed by atoms with E-state index >= 15 is 0 Å². The van der Waals surface area contributed by atoms with Crippen molar-refractivity contribution >= 4 is 17.2 Å². The third kappa shape index (κ3) is 3.71. The number of benzene rings is 2. The molecule has 0 amide bonds. The number of carbonyl (C=O) groups is 1. The zero-order valence-electron chi connectivity index (χ0n) is 20.3. The molecule has 5 rings (SSSR count). The second kappa shape index (κ2) is 8.19. The second-order valence-electron chi connectivity index (χ2n) is 9.62. The van der Waals surface area contributed by atoms with Gasteiger partial charge in [0, 0.05) is 48.2 Å². The summed E-state index contributed by atoms with van der Waals surface area (Å²) in [5.41, 5.74) is 5.31. The van der Waals surface area contributed by atoms with Crippen molar-refractivity contribution in [3.8, 4) is 5.75 Å². The van der Waals surface area contributed by atoms with Gasteiger partial charge in [0.2, 0.25) is 0 Å². The van der Waals surface area contributed by atoms with Crippen LogP contribution in [0.1, 0.15) is 56.6 Å². The Morgan fingerprint density at radius 2 is 1.82 bits per heavy atom. The van der Waals surface area contributed by atoms with E-state index in [4.69, 9.17) is 4.74 Å². The number of anilines is 2. The van der Waals surface area contributed by atoms with Crippen molar-refractivity contribution in [2.75, 3.05) is 42.8 Å². The van der Waals surface area contributed by atoms with Crippen molar-refractivity contribution < 1.29 is 9.53 Å². The van der Waals surface area contributed by atoms with Crippen LogP contribution >= 0.6 is 0 Å². The molecular formula is C27H34N4O2. The first kappa shape index (κ1) is 22.0. The number of hydrogen-bond donors (Lipinski definition) is 0. The summed E-state index contributed by atoms with van der Waals surface area (Å²) in [6, 6.07) is 14.8. The van der Waals surface area contributed by atoms with Gasteiger partial charge in [0.25, 0.3) is 0 Å². The number of rotatable bonds is 5. The Morgan fingerprint density at radius 1 is 1.09 bits per heavy atom. The lowest BCUT2D eigenvalue weighted by Gasteiger charge is -2.48. The van der Waals surface area contributed by atoms with Gasteiger partial charge in [0.15, 0.2) is 5.78 Å². The minimum Gasteiger partial charge on any atom is -0.483 e. The van der Waals surface area contributed by atoms with Crippen LogP contribution in [-0.2, 0) is 0 Å². The van der Waals surface area contributed by atoms with E-state index in [-0.39, 0.29) is 17.4 Å². The highest BCUT2D eigenvalue weighted by Gasteiger charge is 2.47. The monoisotopic (exact) mass is 446 g/mol. The fraction of sp³-hybridized carbons (Fsp3) is 0.444. The number of Topliss-reactive ketones (excluding diaryl/α,β-unsaturated/α-hetero) is 1. The van der Waals surface area contributed by atoms with Crippen LogP contribution in [0, 0.1) is 0 Å². The summed E-state index contributed by atoms with van der Waals surface area (Å²) >= 11 is 0. The molecule has 33 heavy (non-hydrogen) atoms. The number of carbonyl (C=O) groups excluding carboxylic acids is 1. The maximum atomic E-state index is 11.7. The summed E-state index contributed by atoms with van der Waals surface area (Å²) in [6.45, 7) is 14.8. The van der Waals surface area contributed by atoms with Crippen molar-refractivity contribution in [3.05, 3.63) is 65.2 Å². The predicted molar refractivity (Wildman–Crippen MR) is 133 cm³/mol. The zero-order chi connectivity index (χ0) is 23.3. The predicted octanol–water partition coefficient (Wildman–Crippen LogP) is 4.84. The standard InChI is InChI=1S/C27H34N4O2/c1-6-28(7-2)22-12-13-23-25(16-22)33-27(4,5)24-14-15-30-17-29(18-31(30)26(23)24)21-10-8-20(9-11-21)19(3)32/h8-14,16,26H,6-7,15,17-18H2,1-5H3. The Labute approximate surface area is 197 Å². The molecule has 0 aliphatic carbocycles. The van der Waals surface area contributed by atoms with Gasteiger partial charge in [-0.15, -0.1) is 0 Å². The van der Waals surface area contributed by atoms with Crippen LogP contribution in [0.25, 0.3) is 0 Å². The quantitative estimate of drug-likeness (QED) is 0.483. The third-order valence-corrected chi connectivity index (χ3v) is 7.25. The number of ether oxygens (including phenoxy) is 1. The summed E-state index contributed by atoms with van der Waals surface area (Å²) in [5, 5.41) is 4.89. The normalized spacial score (nSPS) is 21.5. The zero-order valence-corrected chi connectivity index (χ0v) is 20.3. The maximum absolute atomic E-state index is 11.7. The molecule has 1 unspecified atom stereocenters. The summed E-state index contributed by atoms with van der Waals surface area (Å²) in [7, 11) is 0. The summed E-state index contributed by atoms with van der Waals surface area (Å²) < 4.78 is 6.58. The van der Waals surface area contributed by atoms with E-state index in [1.54, 1.807) is 6.92 Å². The molecule has 0 spiro atoms. The summed E-state index contributed by atoms with van der Waals surface area (Å²) in [6.07, 6.45) is 2.35. The number of hydrogen-bond acceptors (Lipinski definition) is 6. The Bertz CT molecular complexity index is 1090. The minimum absolute atomic E-state index is 0.100.